The maximum atomic E-state index is 11.9. The van der Waals surface area contributed by atoms with E-state index in [4.69, 9.17) is 0 Å². The van der Waals surface area contributed by atoms with E-state index in [2.05, 4.69) is 16.9 Å². The van der Waals surface area contributed by atoms with Crippen molar-refractivity contribution >= 4 is 18.1 Å². The Balaban J connectivity index is 2.27. The second-order valence-corrected chi connectivity index (χ2v) is 4.02. The third-order valence-electron chi connectivity index (χ3n) is 2.65. The van der Waals surface area contributed by atoms with E-state index in [0.29, 0.717) is 18.0 Å². The average molecular weight is 217 g/mol. The Hall–Kier alpha value is -1.71. The fourth-order valence-corrected chi connectivity index (χ4v) is 1.60. The number of nitrogens with zero attached hydrogens (tertiary/aromatic N) is 3. The summed E-state index contributed by atoms with van der Waals surface area (Å²) in [6.45, 7) is 5.56. The zero-order chi connectivity index (χ0) is 11.5. The van der Waals surface area contributed by atoms with Crippen molar-refractivity contribution in [2.24, 2.45) is 5.92 Å². The van der Waals surface area contributed by atoms with E-state index in [-0.39, 0.29) is 5.91 Å². The summed E-state index contributed by atoms with van der Waals surface area (Å²) in [6, 6.07) is 0. The molecule has 1 aliphatic rings. The van der Waals surface area contributed by atoms with Gasteiger partial charge >= 0.3 is 0 Å². The van der Waals surface area contributed by atoms with Crippen LogP contribution in [-0.2, 0) is 0 Å². The minimum absolute atomic E-state index is 0.0243. The summed E-state index contributed by atoms with van der Waals surface area (Å²) in [5, 5.41) is 7.81. The van der Waals surface area contributed by atoms with Crippen LogP contribution in [0.4, 0.5) is 0 Å². The third kappa shape index (κ3) is 2.10. The minimum Gasteiger partial charge on any atom is -0.272 e. The summed E-state index contributed by atoms with van der Waals surface area (Å²) < 4.78 is 1.38. The second-order valence-electron chi connectivity index (χ2n) is 4.02. The molecule has 0 amide bonds. The molecular formula is C12H15N3O. The maximum absolute atomic E-state index is 11.9. The highest BCUT2D eigenvalue weighted by atomic mass is 16.2. The zero-order valence-corrected chi connectivity index (χ0v) is 9.39. The number of hydrogen-bond donors (Lipinski definition) is 0. The van der Waals surface area contributed by atoms with Crippen LogP contribution >= 0.6 is 0 Å². The molecule has 1 saturated carbocycles. The van der Waals surface area contributed by atoms with Crippen molar-refractivity contribution in [3.63, 3.8) is 0 Å². The van der Waals surface area contributed by atoms with Gasteiger partial charge in [0.25, 0.3) is 0 Å². The van der Waals surface area contributed by atoms with Gasteiger partial charge in [0.15, 0.2) is 0 Å². The first-order valence-corrected chi connectivity index (χ1v) is 5.50. The quantitative estimate of drug-likeness (QED) is 0.778. The fraction of sp³-hybridized carbons (Fsp3) is 0.417. The van der Waals surface area contributed by atoms with E-state index in [1.165, 1.54) is 4.68 Å². The molecule has 0 bridgehead atoms. The smallest absolute Gasteiger partial charge is 0.249 e. The topological polar surface area (TPSA) is 47.8 Å². The van der Waals surface area contributed by atoms with Gasteiger partial charge in [-0.1, -0.05) is 17.9 Å². The van der Waals surface area contributed by atoms with Crippen LogP contribution in [-0.4, -0.2) is 20.9 Å². The lowest BCUT2D eigenvalue weighted by Gasteiger charge is -2.01. The Morgan fingerprint density at radius 2 is 2.38 bits per heavy atom. The number of allylic oxidation sites excluding steroid dienone is 1. The van der Waals surface area contributed by atoms with Gasteiger partial charge < -0.3 is 0 Å². The van der Waals surface area contributed by atoms with Gasteiger partial charge in [-0.05, 0) is 37.8 Å². The lowest BCUT2D eigenvalue weighted by atomic mass is 10.2. The highest BCUT2D eigenvalue weighted by Gasteiger charge is 2.26. The monoisotopic (exact) mass is 217 g/mol. The predicted molar refractivity (Wildman–Crippen MR) is 62.8 cm³/mol. The van der Waals surface area contributed by atoms with Crippen LogP contribution in [0.5, 0.6) is 0 Å². The van der Waals surface area contributed by atoms with Crippen molar-refractivity contribution in [3.05, 3.63) is 24.0 Å². The van der Waals surface area contributed by atoms with Crippen LogP contribution in [0.15, 0.2) is 12.7 Å². The molecule has 1 fully saturated rings. The maximum Gasteiger partial charge on any atom is 0.249 e. The summed E-state index contributed by atoms with van der Waals surface area (Å²) in [7, 11) is 0. The summed E-state index contributed by atoms with van der Waals surface area (Å²) in [4.78, 5) is 11.9. The average Bonchev–Trinajstić information content (AvgIpc) is 2.98. The number of carbonyl (C=O) groups is 1. The first-order valence-electron chi connectivity index (χ1n) is 5.50. The van der Waals surface area contributed by atoms with E-state index in [0.717, 1.165) is 18.5 Å². The lowest BCUT2D eigenvalue weighted by molar-refractivity contribution is 0.0876. The number of aromatic nitrogens is 3. The van der Waals surface area contributed by atoms with E-state index in [9.17, 15) is 4.79 Å². The number of rotatable bonds is 4. The van der Waals surface area contributed by atoms with Crippen LogP contribution in [0.2, 0.25) is 0 Å². The van der Waals surface area contributed by atoms with E-state index in [1.54, 1.807) is 6.08 Å². The molecule has 4 heteroatoms. The van der Waals surface area contributed by atoms with Crippen molar-refractivity contribution in [3.8, 4) is 0 Å². The lowest BCUT2D eigenvalue weighted by Crippen LogP contribution is -2.14. The first-order chi connectivity index (χ1) is 7.76. The summed E-state index contributed by atoms with van der Waals surface area (Å²) in [5.41, 5.74) is 1.38. The van der Waals surface area contributed by atoms with E-state index < -0.39 is 0 Å². The van der Waals surface area contributed by atoms with Crippen molar-refractivity contribution < 1.29 is 4.79 Å². The number of carbonyl (C=O) groups excluding carboxylic acids is 1. The van der Waals surface area contributed by atoms with Crippen LogP contribution in [0.25, 0.3) is 12.2 Å². The van der Waals surface area contributed by atoms with Crippen LogP contribution in [0.3, 0.4) is 0 Å². The molecule has 0 aromatic carbocycles. The molecule has 0 atom stereocenters. The third-order valence-corrected chi connectivity index (χ3v) is 2.65. The van der Waals surface area contributed by atoms with Crippen molar-refractivity contribution in [2.75, 3.05) is 0 Å². The van der Waals surface area contributed by atoms with Gasteiger partial charge in [-0.25, -0.2) is 0 Å². The minimum atomic E-state index is 0.0243. The van der Waals surface area contributed by atoms with E-state index >= 15 is 0 Å². The summed E-state index contributed by atoms with van der Waals surface area (Å²) in [6.07, 6.45) is 8.21. The van der Waals surface area contributed by atoms with Gasteiger partial charge in [-0.3, -0.25) is 4.79 Å². The molecule has 1 aromatic heterocycles. The predicted octanol–water partition coefficient (Wildman–Crippen LogP) is 2.39. The van der Waals surface area contributed by atoms with Gasteiger partial charge in [-0.15, -0.1) is 5.10 Å². The summed E-state index contributed by atoms with van der Waals surface area (Å²) in [5.74, 6) is 0.582. The molecule has 2 rings (SSSR count). The molecule has 0 saturated heterocycles. The molecule has 1 aromatic rings. The Bertz CT molecular complexity index is 441. The highest BCUT2D eigenvalue weighted by Crippen LogP contribution is 2.32. The molecule has 0 N–H and O–H groups in total. The second kappa shape index (κ2) is 4.43. The van der Waals surface area contributed by atoms with Crippen LogP contribution in [0, 0.1) is 5.92 Å². The molecule has 0 radical (unpaired) electrons. The van der Waals surface area contributed by atoms with E-state index in [1.807, 2.05) is 19.1 Å². The molecule has 0 aliphatic heterocycles. The van der Waals surface area contributed by atoms with Gasteiger partial charge in [-0.2, -0.15) is 4.68 Å². The molecule has 0 unspecified atom stereocenters. The molecule has 84 valence electrons. The Labute approximate surface area is 94.7 Å². The fourth-order valence-electron chi connectivity index (χ4n) is 1.60. The normalized spacial score (nSPS) is 15.6. The van der Waals surface area contributed by atoms with Crippen LogP contribution in [0.1, 0.15) is 42.4 Å². The van der Waals surface area contributed by atoms with Crippen molar-refractivity contribution in [2.45, 2.75) is 26.2 Å². The van der Waals surface area contributed by atoms with Gasteiger partial charge in [0.1, 0.15) is 5.69 Å². The number of hydrogen-bond acceptors (Lipinski definition) is 3. The molecule has 0 spiro atoms. The molecule has 1 aliphatic carbocycles. The van der Waals surface area contributed by atoms with Gasteiger partial charge in [0, 0.05) is 6.42 Å². The van der Waals surface area contributed by atoms with Crippen molar-refractivity contribution in [1.29, 1.82) is 0 Å². The standard InChI is InChI=1S/C12H15N3O/c1-3-5-11-10(4-2)13-14-15(11)12(16)8-9-6-7-9/h3-5,9H,2,6-8H2,1H3/b5-3-. The Morgan fingerprint density at radius 3 is 2.94 bits per heavy atom. The Kier molecular flexibility index (Phi) is 2.99. The zero-order valence-electron chi connectivity index (χ0n) is 9.39. The molecular weight excluding hydrogens is 202 g/mol. The first kappa shape index (κ1) is 10.8. The Morgan fingerprint density at radius 1 is 1.62 bits per heavy atom. The van der Waals surface area contributed by atoms with Gasteiger partial charge in [0.05, 0.1) is 5.69 Å². The SMILES string of the molecule is C=Cc1nnn(C(=O)CC2CC2)c1/C=C\C. The highest BCUT2D eigenvalue weighted by molar-refractivity contribution is 5.81. The largest absolute Gasteiger partial charge is 0.272 e. The summed E-state index contributed by atoms with van der Waals surface area (Å²) >= 11 is 0. The molecule has 16 heavy (non-hydrogen) atoms. The van der Waals surface area contributed by atoms with Gasteiger partial charge in [0.2, 0.25) is 5.91 Å². The molecule has 1 heterocycles. The molecule has 4 nitrogen and oxygen atoms in total. The van der Waals surface area contributed by atoms with Crippen molar-refractivity contribution in [1.82, 2.24) is 15.0 Å². The van der Waals surface area contributed by atoms with Crippen LogP contribution < -0.4 is 0 Å².